The fraction of sp³-hybridized carbons (Fsp3) is 1.00. The van der Waals surface area contributed by atoms with E-state index in [-0.39, 0.29) is 11.5 Å². The summed E-state index contributed by atoms with van der Waals surface area (Å²) in [5.41, 5.74) is 5.76. The summed E-state index contributed by atoms with van der Waals surface area (Å²) in [6, 6.07) is 0.736. The Balaban J connectivity index is 4.45. The third-order valence-electron chi connectivity index (χ3n) is 2.76. The molecule has 0 aromatic rings. The maximum atomic E-state index is 6.01. The van der Waals surface area contributed by atoms with Gasteiger partial charge in [0.25, 0.3) is 0 Å². The SMILES string of the molecule is CO[Si](CC(C)C(C)(C)N)(OC)OC. The van der Waals surface area contributed by atoms with Gasteiger partial charge < -0.3 is 19.0 Å². The van der Waals surface area contributed by atoms with Crippen molar-refractivity contribution in [2.75, 3.05) is 21.3 Å². The van der Waals surface area contributed by atoms with Crippen LogP contribution < -0.4 is 5.73 Å². The van der Waals surface area contributed by atoms with Crippen LogP contribution in [0, 0.1) is 5.92 Å². The number of hydrogen-bond acceptors (Lipinski definition) is 4. The lowest BCUT2D eigenvalue weighted by atomic mass is 9.92. The van der Waals surface area contributed by atoms with Gasteiger partial charge in [0, 0.05) is 32.9 Å². The maximum Gasteiger partial charge on any atom is 0.500 e. The maximum absolute atomic E-state index is 6.01. The molecule has 0 aromatic heterocycles. The van der Waals surface area contributed by atoms with Gasteiger partial charge >= 0.3 is 8.80 Å². The minimum Gasteiger partial charge on any atom is -0.377 e. The Labute approximate surface area is 88.1 Å². The summed E-state index contributed by atoms with van der Waals surface area (Å²) in [5, 5.41) is 0. The van der Waals surface area contributed by atoms with Crippen LogP contribution in [0.3, 0.4) is 0 Å². The van der Waals surface area contributed by atoms with Crippen molar-refractivity contribution in [3.05, 3.63) is 0 Å². The van der Waals surface area contributed by atoms with E-state index in [1.165, 1.54) is 0 Å². The Bertz CT molecular complexity index is 158. The van der Waals surface area contributed by atoms with Gasteiger partial charge in [0.2, 0.25) is 0 Å². The van der Waals surface area contributed by atoms with Gasteiger partial charge in [-0.15, -0.1) is 0 Å². The molecule has 4 nitrogen and oxygen atoms in total. The second-order valence-electron chi connectivity index (χ2n) is 4.22. The van der Waals surface area contributed by atoms with Gasteiger partial charge in [0.15, 0.2) is 0 Å². The van der Waals surface area contributed by atoms with Crippen LogP contribution in [0.15, 0.2) is 0 Å². The molecule has 1 atom stereocenters. The number of hydrogen-bond donors (Lipinski definition) is 1. The normalized spacial score (nSPS) is 15.6. The van der Waals surface area contributed by atoms with E-state index in [0.717, 1.165) is 6.04 Å². The molecular formula is C9H23NO3Si. The molecule has 0 spiro atoms. The number of rotatable bonds is 6. The van der Waals surface area contributed by atoms with Gasteiger partial charge in [-0.25, -0.2) is 0 Å². The van der Waals surface area contributed by atoms with Gasteiger partial charge in [0.05, 0.1) is 0 Å². The van der Waals surface area contributed by atoms with E-state index in [1.54, 1.807) is 21.3 Å². The van der Waals surface area contributed by atoms with E-state index >= 15 is 0 Å². The predicted octanol–water partition coefficient (Wildman–Crippen LogP) is 1.24. The highest BCUT2D eigenvalue weighted by molar-refractivity contribution is 6.60. The quantitative estimate of drug-likeness (QED) is 0.686. The second-order valence-corrected chi connectivity index (χ2v) is 7.22. The van der Waals surface area contributed by atoms with Crippen LogP contribution in [-0.4, -0.2) is 35.7 Å². The van der Waals surface area contributed by atoms with Crippen LogP contribution in [0.4, 0.5) is 0 Å². The first-order chi connectivity index (χ1) is 6.31. The van der Waals surface area contributed by atoms with Crippen molar-refractivity contribution in [1.29, 1.82) is 0 Å². The average Bonchev–Trinajstić information content (AvgIpc) is 2.12. The average molecular weight is 221 g/mol. The summed E-state index contributed by atoms with van der Waals surface area (Å²) in [4.78, 5) is 0. The zero-order valence-electron chi connectivity index (χ0n) is 10.1. The molecule has 0 aliphatic rings. The summed E-state index contributed by atoms with van der Waals surface area (Å²) in [7, 11) is 2.39. The zero-order chi connectivity index (χ0) is 11.4. The summed E-state index contributed by atoms with van der Waals surface area (Å²) in [5.74, 6) is 0.286. The first-order valence-corrected chi connectivity index (χ1v) is 6.69. The van der Waals surface area contributed by atoms with Gasteiger partial charge in [-0.2, -0.15) is 0 Å². The molecule has 86 valence electrons. The molecule has 0 fully saturated rings. The summed E-state index contributed by atoms with van der Waals surface area (Å²) >= 11 is 0. The van der Waals surface area contributed by atoms with Crippen molar-refractivity contribution in [3.63, 3.8) is 0 Å². The molecule has 0 radical (unpaired) electrons. The van der Waals surface area contributed by atoms with Gasteiger partial charge in [-0.1, -0.05) is 6.92 Å². The molecule has 1 unspecified atom stereocenters. The summed E-state index contributed by atoms with van der Waals surface area (Å²) in [6.45, 7) is 6.08. The van der Waals surface area contributed by atoms with Crippen molar-refractivity contribution < 1.29 is 13.3 Å². The van der Waals surface area contributed by atoms with Gasteiger partial charge in [-0.05, 0) is 19.8 Å². The molecule has 0 saturated heterocycles. The van der Waals surface area contributed by atoms with Crippen molar-refractivity contribution >= 4 is 8.80 Å². The first kappa shape index (κ1) is 14.1. The van der Waals surface area contributed by atoms with Crippen LogP contribution in [0.1, 0.15) is 20.8 Å². The molecule has 0 aliphatic carbocycles. The van der Waals surface area contributed by atoms with E-state index in [9.17, 15) is 0 Å². The molecule has 0 heterocycles. The molecule has 14 heavy (non-hydrogen) atoms. The lowest BCUT2D eigenvalue weighted by molar-refractivity contribution is 0.114. The Morgan fingerprint density at radius 1 is 1.14 bits per heavy atom. The third-order valence-corrected chi connectivity index (χ3v) is 5.74. The molecular weight excluding hydrogens is 198 g/mol. The van der Waals surface area contributed by atoms with E-state index in [4.69, 9.17) is 19.0 Å². The topological polar surface area (TPSA) is 53.7 Å². The van der Waals surface area contributed by atoms with E-state index in [1.807, 2.05) is 13.8 Å². The van der Waals surface area contributed by atoms with E-state index < -0.39 is 8.80 Å². The third kappa shape index (κ3) is 3.66. The van der Waals surface area contributed by atoms with E-state index in [2.05, 4.69) is 6.92 Å². The first-order valence-electron chi connectivity index (χ1n) is 4.75. The molecule has 0 aromatic carbocycles. The summed E-state index contributed by atoms with van der Waals surface area (Å²) in [6.07, 6.45) is 0. The minimum atomic E-state index is -2.47. The molecule has 5 heteroatoms. The summed E-state index contributed by atoms with van der Waals surface area (Å²) < 4.78 is 16.0. The highest BCUT2D eigenvalue weighted by atomic mass is 28.4. The Hall–Kier alpha value is 0.0569. The monoisotopic (exact) mass is 221 g/mol. The van der Waals surface area contributed by atoms with Crippen LogP contribution in [0.25, 0.3) is 0 Å². The van der Waals surface area contributed by atoms with Crippen molar-refractivity contribution in [1.82, 2.24) is 0 Å². The van der Waals surface area contributed by atoms with Crippen molar-refractivity contribution in [2.24, 2.45) is 11.7 Å². The lowest BCUT2D eigenvalue weighted by Crippen LogP contribution is -2.49. The molecule has 0 aliphatic heterocycles. The van der Waals surface area contributed by atoms with Gasteiger partial charge in [-0.3, -0.25) is 0 Å². The fourth-order valence-corrected chi connectivity index (χ4v) is 3.41. The van der Waals surface area contributed by atoms with Gasteiger partial charge in [0.1, 0.15) is 0 Å². The van der Waals surface area contributed by atoms with Crippen LogP contribution >= 0.6 is 0 Å². The molecule has 0 rings (SSSR count). The van der Waals surface area contributed by atoms with Crippen LogP contribution in [0.5, 0.6) is 0 Å². The Morgan fingerprint density at radius 3 is 1.71 bits per heavy atom. The second kappa shape index (κ2) is 5.23. The zero-order valence-corrected chi connectivity index (χ0v) is 11.1. The molecule has 0 bridgehead atoms. The largest absolute Gasteiger partial charge is 0.500 e. The van der Waals surface area contributed by atoms with Crippen molar-refractivity contribution in [2.45, 2.75) is 32.4 Å². The minimum absolute atomic E-state index is 0.242. The highest BCUT2D eigenvalue weighted by Crippen LogP contribution is 2.25. The molecule has 2 N–H and O–H groups in total. The van der Waals surface area contributed by atoms with Crippen LogP contribution in [-0.2, 0) is 13.3 Å². The standard InChI is InChI=1S/C9H23NO3Si/c1-8(9(2,3)10)7-14(11-4,12-5)13-6/h8H,7,10H2,1-6H3. The predicted molar refractivity (Wildman–Crippen MR) is 59.0 cm³/mol. The molecule has 0 amide bonds. The smallest absolute Gasteiger partial charge is 0.377 e. The van der Waals surface area contributed by atoms with Crippen LogP contribution in [0.2, 0.25) is 6.04 Å². The fourth-order valence-electron chi connectivity index (χ4n) is 1.14. The molecule has 0 saturated carbocycles. The lowest BCUT2D eigenvalue weighted by Gasteiger charge is -2.33. The highest BCUT2D eigenvalue weighted by Gasteiger charge is 2.42. The van der Waals surface area contributed by atoms with E-state index in [0.29, 0.717) is 0 Å². The Morgan fingerprint density at radius 2 is 1.50 bits per heavy atom. The number of nitrogens with two attached hydrogens (primary N) is 1. The Kier molecular flexibility index (Phi) is 5.25. The van der Waals surface area contributed by atoms with Crippen molar-refractivity contribution in [3.8, 4) is 0 Å².